The quantitative estimate of drug-likeness (QED) is 0.349. The van der Waals surface area contributed by atoms with Gasteiger partial charge in [0.1, 0.15) is 27.9 Å². The molecular weight excluding hydrogens is 386 g/mol. The SMILES string of the molecule is CC(C)NC(=N)c1c(O)nsc1Nc1ccc(Oc2cccnc2)c(Cl)c1. The normalized spacial score (nSPS) is 10.7. The molecule has 140 valence electrons. The van der Waals surface area contributed by atoms with Crippen LogP contribution in [-0.4, -0.2) is 26.3 Å². The van der Waals surface area contributed by atoms with E-state index in [9.17, 15) is 5.11 Å². The number of benzene rings is 1. The monoisotopic (exact) mass is 403 g/mol. The van der Waals surface area contributed by atoms with Crippen LogP contribution in [-0.2, 0) is 0 Å². The van der Waals surface area contributed by atoms with Gasteiger partial charge in [-0.25, -0.2) is 0 Å². The van der Waals surface area contributed by atoms with Gasteiger partial charge in [0.15, 0.2) is 0 Å². The lowest BCUT2D eigenvalue weighted by Crippen LogP contribution is -2.30. The Balaban J connectivity index is 1.79. The fraction of sp³-hybridized carbons (Fsp3) is 0.167. The van der Waals surface area contributed by atoms with Gasteiger partial charge in [-0.05, 0) is 55.7 Å². The second kappa shape index (κ2) is 8.24. The van der Waals surface area contributed by atoms with Gasteiger partial charge in [0.25, 0.3) is 0 Å². The molecule has 27 heavy (non-hydrogen) atoms. The van der Waals surface area contributed by atoms with Crippen LogP contribution >= 0.6 is 23.1 Å². The zero-order chi connectivity index (χ0) is 19.4. The number of hydrogen-bond donors (Lipinski definition) is 4. The average molecular weight is 404 g/mol. The third kappa shape index (κ3) is 4.66. The van der Waals surface area contributed by atoms with Crippen LogP contribution in [0.15, 0.2) is 42.7 Å². The summed E-state index contributed by atoms with van der Waals surface area (Å²) < 4.78 is 9.63. The van der Waals surface area contributed by atoms with Crippen molar-refractivity contribution in [3.8, 4) is 17.4 Å². The molecule has 0 saturated carbocycles. The van der Waals surface area contributed by atoms with E-state index in [1.807, 2.05) is 13.8 Å². The van der Waals surface area contributed by atoms with Crippen molar-refractivity contribution >= 4 is 39.7 Å². The standard InChI is InChI=1S/C18H18ClN5O2S/c1-10(2)22-16(20)15-17(25)24-27-18(15)23-11-5-6-14(13(19)8-11)26-12-4-3-7-21-9-12/h3-10,23H,1-2H3,(H2,20,22)(H,24,25). The summed E-state index contributed by atoms with van der Waals surface area (Å²) in [5.74, 6) is 0.990. The fourth-order valence-electron chi connectivity index (χ4n) is 2.28. The third-order valence-corrected chi connectivity index (χ3v) is 4.46. The zero-order valence-electron chi connectivity index (χ0n) is 14.7. The number of pyridine rings is 1. The van der Waals surface area contributed by atoms with Crippen LogP contribution in [0.4, 0.5) is 10.7 Å². The number of amidine groups is 1. The van der Waals surface area contributed by atoms with E-state index in [1.54, 1.807) is 42.7 Å². The largest absolute Gasteiger partial charge is 0.492 e. The molecule has 0 aliphatic heterocycles. The summed E-state index contributed by atoms with van der Waals surface area (Å²) in [6, 6.07) is 8.84. The molecule has 0 unspecified atom stereocenters. The van der Waals surface area contributed by atoms with Gasteiger partial charge in [0.05, 0.1) is 11.2 Å². The predicted molar refractivity (Wildman–Crippen MR) is 108 cm³/mol. The third-order valence-electron chi connectivity index (χ3n) is 3.41. The smallest absolute Gasteiger partial charge is 0.236 e. The Labute approximate surface area is 165 Å². The van der Waals surface area contributed by atoms with Gasteiger partial charge in [-0.3, -0.25) is 10.4 Å². The summed E-state index contributed by atoms with van der Waals surface area (Å²) in [6.07, 6.45) is 3.26. The molecule has 0 aliphatic carbocycles. The lowest BCUT2D eigenvalue weighted by molar-refractivity contribution is 0.458. The molecule has 1 aromatic carbocycles. The number of aromatic nitrogens is 2. The average Bonchev–Trinajstić information content (AvgIpc) is 2.98. The van der Waals surface area contributed by atoms with E-state index >= 15 is 0 Å². The first-order valence-electron chi connectivity index (χ1n) is 8.12. The molecule has 2 aromatic heterocycles. The maximum Gasteiger partial charge on any atom is 0.236 e. The van der Waals surface area contributed by atoms with E-state index in [2.05, 4.69) is 20.0 Å². The molecule has 0 bridgehead atoms. The molecule has 0 atom stereocenters. The Hall–Kier alpha value is -2.84. The summed E-state index contributed by atoms with van der Waals surface area (Å²) in [5.41, 5.74) is 1.00. The molecule has 7 nitrogen and oxygen atoms in total. The molecule has 3 aromatic rings. The topological polar surface area (TPSA) is 103 Å². The minimum atomic E-state index is -0.191. The molecule has 0 amide bonds. The van der Waals surface area contributed by atoms with Crippen molar-refractivity contribution in [3.63, 3.8) is 0 Å². The van der Waals surface area contributed by atoms with Gasteiger partial charge in [0, 0.05) is 17.9 Å². The van der Waals surface area contributed by atoms with E-state index in [4.69, 9.17) is 21.7 Å². The maximum atomic E-state index is 9.98. The minimum absolute atomic E-state index is 0.0583. The number of nitrogens with zero attached hydrogens (tertiary/aromatic N) is 2. The molecule has 2 heterocycles. The van der Waals surface area contributed by atoms with Crippen molar-refractivity contribution in [3.05, 3.63) is 53.3 Å². The Morgan fingerprint density at radius 1 is 1.33 bits per heavy atom. The van der Waals surface area contributed by atoms with Crippen molar-refractivity contribution in [2.24, 2.45) is 0 Å². The van der Waals surface area contributed by atoms with Crippen LogP contribution in [0.5, 0.6) is 17.4 Å². The van der Waals surface area contributed by atoms with Gasteiger partial charge in [-0.15, -0.1) is 0 Å². The summed E-state index contributed by atoms with van der Waals surface area (Å²) >= 11 is 7.38. The van der Waals surface area contributed by atoms with Gasteiger partial charge in [0.2, 0.25) is 5.88 Å². The summed E-state index contributed by atoms with van der Waals surface area (Å²) in [5, 5.41) is 25.2. The van der Waals surface area contributed by atoms with Gasteiger partial charge in [-0.1, -0.05) is 11.6 Å². The molecule has 0 saturated heterocycles. The molecule has 0 radical (unpaired) electrons. The van der Waals surface area contributed by atoms with Crippen LogP contribution in [0.25, 0.3) is 0 Å². The second-order valence-electron chi connectivity index (χ2n) is 5.95. The molecule has 0 spiro atoms. The van der Waals surface area contributed by atoms with Crippen LogP contribution < -0.4 is 15.4 Å². The molecular formula is C18H18ClN5O2S. The van der Waals surface area contributed by atoms with Crippen molar-refractivity contribution < 1.29 is 9.84 Å². The highest BCUT2D eigenvalue weighted by Gasteiger charge is 2.19. The molecule has 3 rings (SSSR count). The van der Waals surface area contributed by atoms with Crippen molar-refractivity contribution in [2.75, 3.05) is 5.32 Å². The van der Waals surface area contributed by atoms with Crippen molar-refractivity contribution in [2.45, 2.75) is 19.9 Å². The van der Waals surface area contributed by atoms with Gasteiger partial charge < -0.3 is 20.5 Å². The number of anilines is 2. The maximum absolute atomic E-state index is 9.98. The van der Waals surface area contributed by atoms with Crippen LogP contribution in [0.3, 0.4) is 0 Å². The number of nitrogens with one attached hydrogen (secondary N) is 3. The van der Waals surface area contributed by atoms with Gasteiger partial charge >= 0.3 is 0 Å². The Morgan fingerprint density at radius 3 is 2.81 bits per heavy atom. The number of ether oxygens (including phenoxy) is 1. The Morgan fingerprint density at radius 2 is 2.15 bits per heavy atom. The van der Waals surface area contributed by atoms with Crippen molar-refractivity contribution in [1.82, 2.24) is 14.7 Å². The van der Waals surface area contributed by atoms with E-state index < -0.39 is 0 Å². The lowest BCUT2D eigenvalue weighted by Gasteiger charge is -2.13. The molecule has 9 heteroatoms. The molecule has 4 N–H and O–H groups in total. The first kappa shape index (κ1) is 18.9. The second-order valence-corrected chi connectivity index (χ2v) is 7.13. The fourth-order valence-corrected chi connectivity index (χ4v) is 3.22. The van der Waals surface area contributed by atoms with E-state index in [0.717, 1.165) is 11.5 Å². The number of halogens is 1. The van der Waals surface area contributed by atoms with Gasteiger partial charge in [-0.2, -0.15) is 4.37 Å². The Bertz CT molecular complexity index is 946. The highest BCUT2D eigenvalue weighted by molar-refractivity contribution is 7.11. The van der Waals surface area contributed by atoms with E-state index in [-0.39, 0.29) is 17.8 Å². The number of rotatable bonds is 6. The lowest BCUT2D eigenvalue weighted by atomic mass is 10.2. The highest BCUT2D eigenvalue weighted by Crippen LogP contribution is 2.35. The number of aromatic hydroxyl groups is 1. The van der Waals surface area contributed by atoms with Crippen LogP contribution in [0.2, 0.25) is 5.02 Å². The zero-order valence-corrected chi connectivity index (χ0v) is 16.2. The first-order chi connectivity index (χ1) is 12.9. The predicted octanol–water partition coefficient (Wildman–Crippen LogP) is 4.76. The Kier molecular flexibility index (Phi) is 5.78. The van der Waals surface area contributed by atoms with Crippen molar-refractivity contribution in [1.29, 1.82) is 5.41 Å². The van der Waals surface area contributed by atoms with E-state index in [1.165, 1.54) is 0 Å². The first-order valence-corrected chi connectivity index (χ1v) is 9.27. The van der Waals surface area contributed by atoms with Crippen LogP contribution in [0.1, 0.15) is 19.4 Å². The summed E-state index contributed by atoms with van der Waals surface area (Å²) in [6.45, 7) is 3.83. The summed E-state index contributed by atoms with van der Waals surface area (Å²) in [4.78, 5) is 4.00. The minimum Gasteiger partial charge on any atom is -0.492 e. The number of hydrogen-bond acceptors (Lipinski definition) is 7. The molecule has 0 aliphatic rings. The summed E-state index contributed by atoms with van der Waals surface area (Å²) in [7, 11) is 0. The van der Waals surface area contributed by atoms with Crippen LogP contribution in [0, 0.1) is 5.41 Å². The van der Waals surface area contributed by atoms with E-state index in [0.29, 0.717) is 32.8 Å². The molecule has 0 fully saturated rings. The highest BCUT2D eigenvalue weighted by atomic mass is 35.5.